The van der Waals surface area contributed by atoms with E-state index in [2.05, 4.69) is 25.1 Å². The molecule has 0 spiro atoms. The average Bonchev–Trinajstić information content (AvgIpc) is 3.41. The van der Waals surface area contributed by atoms with E-state index in [-0.39, 0.29) is 0 Å². The molecular weight excluding hydrogens is 419 g/mol. The summed E-state index contributed by atoms with van der Waals surface area (Å²) in [5, 5.41) is 7.46. The Hall–Kier alpha value is -4.66. The van der Waals surface area contributed by atoms with Gasteiger partial charge < -0.3 is 10.7 Å². The summed E-state index contributed by atoms with van der Waals surface area (Å²) in [6.45, 7) is 1.99. The third-order valence-electron chi connectivity index (χ3n) is 5.43. The molecule has 0 saturated carbocycles. The molecule has 160 valence electrons. The van der Waals surface area contributed by atoms with Gasteiger partial charge in [0.25, 0.3) is 0 Å². The normalized spacial score (nSPS) is 11.5. The van der Waals surface area contributed by atoms with Crippen molar-refractivity contribution >= 4 is 27.8 Å². The number of hydrogen-bond acceptors (Lipinski definition) is 6. The van der Waals surface area contributed by atoms with E-state index in [0.29, 0.717) is 44.9 Å². The molecule has 0 saturated heterocycles. The Balaban J connectivity index is 1.51. The number of H-pyrrole nitrogens is 2. The van der Waals surface area contributed by atoms with Crippen LogP contribution < -0.4 is 5.73 Å². The van der Waals surface area contributed by atoms with Crippen LogP contribution in [-0.4, -0.2) is 35.1 Å². The van der Waals surface area contributed by atoms with Crippen LogP contribution >= 0.6 is 0 Å². The van der Waals surface area contributed by atoms with Crippen molar-refractivity contribution in [2.75, 3.05) is 5.73 Å². The zero-order chi connectivity index (χ0) is 22.5. The first-order valence-electron chi connectivity index (χ1n) is 10.2. The van der Waals surface area contributed by atoms with Gasteiger partial charge in [-0.25, -0.2) is 14.4 Å². The minimum atomic E-state index is -0.418. The molecule has 5 aromatic heterocycles. The Bertz CT molecular complexity index is 1650. The van der Waals surface area contributed by atoms with Gasteiger partial charge in [-0.15, -0.1) is 0 Å². The average molecular weight is 436 g/mol. The molecule has 9 heteroatoms. The van der Waals surface area contributed by atoms with Crippen LogP contribution in [0.15, 0.2) is 61.2 Å². The Morgan fingerprint density at radius 2 is 1.73 bits per heavy atom. The van der Waals surface area contributed by atoms with E-state index in [1.165, 1.54) is 12.1 Å². The van der Waals surface area contributed by atoms with Gasteiger partial charge in [0.2, 0.25) is 0 Å². The Labute approximate surface area is 186 Å². The summed E-state index contributed by atoms with van der Waals surface area (Å²) in [6, 6.07) is 10.3. The lowest BCUT2D eigenvalue weighted by molar-refractivity contribution is 0.629. The highest BCUT2D eigenvalue weighted by Gasteiger charge is 2.17. The number of aromatic amines is 2. The summed E-state index contributed by atoms with van der Waals surface area (Å²) >= 11 is 0. The Morgan fingerprint density at radius 1 is 0.848 bits per heavy atom. The maximum atomic E-state index is 14.0. The first-order valence-corrected chi connectivity index (χ1v) is 10.2. The highest BCUT2D eigenvalue weighted by molar-refractivity contribution is 5.96. The minimum absolute atomic E-state index is 0.332. The van der Waals surface area contributed by atoms with Crippen LogP contribution in [0.25, 0.3) is 56.0 Å². The molecule has 0 radical (unpaired) electrons. The van der Waals surface area contributed by atoms with Crippen molar-refractivity contribution in [3.8, 4) is 33.9 Å². The van der Waals surface area contributed by atoms with Crippen LogP contribution in [0.3, 0.4) is 0 Å². The number of nitrogens with one attached hydrogen (secondary N) is 2. The molecule has 6 rings (SSSR count). The number of aromatic nitrogens is 7. The first kappa shape index (κ1) is 19.1. The predicted octanol–water partition coefficient (Wildman–Crippen LogP) is 4.65. The van der Waals surface area contributed by atoms with Gasteiger partial charge in [0.15, 0.2) is 11.5 Å². The van der Waals surface area contributed by atoms with Crippen molar-refractivity contribution < 1.29 is 4.39 Å². The number of hydrogen-bond donors (Lipinski definition) is 3. The third-order valence-corrected chi connectivity index (χ3v) is 5.43. The lowest BCUT2D eigenvalue weighted by Crippen LogP contribution is -1.90. The van der Waals surface area contributed by atoms with Crippen LogP contribution in [0.5, 0.6) is 0 Å². The smallest absolute Gasteiger partial charge is 0.161 e. The number of imidazole rings is 1. The quantitative estimate of drug-likeness (QED) is 0.347. The molecule has 0 atom stereocenters. The van der Waals surface area contributed by atoms with Crippen molar-refractivity contribution in [2.24, 2.45) is 0 Å². The van der Waals surface area contributed by atoms with Gasteiger partial charge >= 0.3 is 0 Å². The molecule has 33 heavy (non-hydrogen) atoms. The van der Waals surface area contributed by atoms with Crippen molar-refractivity contribution in [3.63, 3.8) is 0 Å². The monoisotopic (exact) mass is 436 g/mol. The molecule has 0 unspecified atom stereocenters. The Morgan fingerprint density at radius 3 is 2.58 bits per heavy atom. The molecule has 0 aliphatic rings. The van der Waals surface area contributed by atoms with Crippen LogP contribution in [0, 0.1) is 12.7 Å². The van der Waals surface area contributed by atoms with E-state index < -0.39 is 5.82 Å². The summed E-state index contributed by atoms with van der Waals surface area (Å²) in [5.41, 5.74) is 13.6. The third kappa shape index (κ3) is 3.26. The number of aryl methyl sites for hydroxylation is 1. The number of nitrogens with two attached hydrogens (primary N) is 1. The summed E-state index contributed by atoms with van der Waals surface area (Å²) in [4.78, 5) is 21.4. The molecule has 6 aromatic rings. The van der Waals surface area contributed by atoms with Crippen LogP contribution in [0.2, 0.25) is 0 Å². The summed E-state index contributed by atoms with van der Waals surface area (Å²) in [7, 11) is 0. The van der Waals surface area contributed by atoms with Crippen molar-refractivity contribution in [1.82, 2.24) is 35.1 Å². The van der Waals surface area contributed by atoms with Crippen molar-refractivity contribution in [1.29, 1.82) is 0 Å². The van der Waals surface area contributed by atoms with E-state index in [4.69, 9.17) is 15.7 Å². The van der Waals surface area contributed by atoms with Gasteiger partial charge in [0, 0.05) is 35.4 Å². The fraction of sp³-hybridized carbons (Fsp3) is 0.0417. The van der Waals surface area contributed by atoms with E-state index in [1.807, 2.05) is 25.1 Å². The van der Waals surface area contributed by atoms with Crippen molar-refractivity contribution in [3.05, 3.63) is 72.6 Å². The van der Waals surface area contributed by atoms with Crippen molar-refractivity contribution in [2.45, 2.75) is 6.92 Å². The van der Waals surface area contributed by atoms with Gasteiger partial charge in [0.1, 0.15) is 11.3 Å². The van der Waals surface area contributed by atoms with E-state index in [1.54, 1.807) is 30.9 Å². The number of pyridine rings is 3. The summed E-state index contributed by atoms with van der Waals surface area (Å²) in [5.74, 6) is 0.111. The molecule has 0 aliphatic heterocycles. The minimum Gasteiger partial charge on any atom is -0.399 e. The van der Waals surface area contributed by atoms with Gasteiger partial charge in [-0.3, -0.25) is 15.1 Å². The van der Waals surface area contributed by atoms with Gasteiger partial charge in [-0.2, -0.15) is 5.10 Å². The number of fused-ring (bicyclic) bond motifs is 2. The maximum absolute atomic E-state index is 14.0. The second kappa shape index (κ2) is 7.20. The maximum Gasteiger partial charge on any atom is 0.161 e. The number of rotatable bonds is 3. The van der Waals surface area contributed by atoms with E-state index in [9.17, 15) is 4.39 Å². The van der Waals surface area contributed by atoms with Crippen LogP contribution in [0.1, 0.15) is 5.56 Å². The zero-order valence-electron chi connectivity index (χ0n) is 17.5. The highest BCUT2D eigenvalue weighted by atomic mass is 19.1. The van der Waals surface area contributed by atoms with Crippen LogP contribution in [0.4, 0.5) is 10.1 Å². The van der Waals surface area contributed by atoms with Crippen LogP contribution in [-0.2, 0) is 0 Å². The largest absolute Gasteiger partial charge is 0.399 e. The second-order valence-electron chi connectivity index (χ2n) is 7.86. The van der Waals surface area contributed by atoms with E-state index in [0.717, 1.165) is 22.3 Å². The van der Waals surface area contributed by atoms with Gasteiger partial charge in [0.05, 0.1) is 28.4 Å². The standard InChI is InChI=1S/C24H17FN8/c1-12-4-14(9-27-8-12)18-2-3-19-22(29-18)23(33-32-19)24-30-20-11-28-10-17(21(20)31-24)13-5-15(25)7-16(26)6-13/h2-11H,26H2,1H3,(H,30,31)(H,32,33). The predicted molar refractivity (Wildman–Crippen MR) is 125 cm³/mol. The van der Waals surface area contributed by atoms with Gasteiger partial charge in [-0.1, -0.05) is 0 Å². The number of benzene rings is 1. The zero-order valence-corrected chi connectivity index (χ0v) is 17.5. The molecular formula is C24H17FN8. The van der Waals surface area contributed by atoms with Gasteiger partial charge in [-0.05, 0) is 54.4 Å². The summed E-state index contributed by atoms with van der Waals surface area (Å²) in [6.07, 6.45) is 6.90. The fourth-order valence-corrected chi connectivity index (χ4v) is 3.94. The SMILES string of the molecule is Cc1cncc(-c2ccc3[nH]nc(-c4nc5c(-c6cc(N)cc(F)c6)cncc5[nH]4)c3n2)c1. The number of anilines is 1. The highest BCUT2D eigenvalue weighted by Crippen LogP contribution is 2.32. The Kier molecular flexibility index (Phi) is 4.16. The molecule has 4 N–H and O–H groups in total. The summed E-state index contributed by atoms with van der Waals surface area (Å²) < 4.78 is 14.0. The molecule has 0 bridgehead atoms. The molecule has 1 aromatic carbocycles. The first-order chi connectivity index (χ1) is 16.0. The number of halogens is 1. The lowest BCUT2D eigenvalue weighted by atomic mass is 10.1. The molecule has 0 amide bonds. The lowest BCUT2D eigenvalue weighted by Gasteiger charge is -2.04. The molecule has 5 heterocycles. The topological polar surface area (TPSA) is 122 Å². The molecule has 8 nitrogen and oxygen atoms in total. The number of nitrogens with zero attached hydrogens (tertiary/aromatic N) is 5. The van der Waals surface area contributed by atoms with E-state index >= 15 is 0 Å². The molecule has 0 aliphatic carbocycles. The second-order valence-corrected chi connectivity index (χ2v) is 7.86. The number of nitrogen functional groups attached to an aromatic ring is 1. The fourth-order valence-electron chi connectivity index (χ4n) is 3.94. The molecule has 0 fully saturated rings.